The summed E-state index contributed by atoms with van der Waals surface area (Å²) >= 11 is 0. The predicted molar refractivity (Wildman–Crippen MR) is 108 cm³/mol. The van der Waals surface area contributed by atoms with Crippen molar-refractivity contribution in [3.63, 3.8) is 0 Å². The Morgan fingerprint density at radius 1 is 1.00 bits per heavy atom. The van der Waals surface area contributed by atoms with Crippen LogP contribution in [0.3, 0.4) is 0 Å². The van der Waals surface area contributed by atoms with Crippen LogP contribution >= 0.6 is 0 Å². The molecule has 3 aromatic rings. The molecule has 1 heterocycles. The third-order valence-electron chi connectivity index (χ3n) is 4.88. The minimum absolute atomic E-state index is 0.194. The Morgan fingerprint density at radius 2 is 1.81 bits per heavy atom. The molecule has 0 bridgehead atoms. The fourth-order valence-electron chi connectivity index (χ4n) is 3.31. The Hall–Kier alpha value is -3.07. The molecule has 0 spiro atoms. The quantitative estimate of drug-likeness (QED) is 0.554. The highest BCUT2D eigenvalue weighted by Crippen LogP contribution is 2.33. The lowest BCUT2D eigenvalue weighted by molar-refractivity contribution is 0.628. The van der Waals surface area contributed by atoms with Crippen LogP contribution in [0.1, 0.15) is 30.5 Å². The fraction of sp³-hybridized carbons (Fsp3) is 0.167. The summed E-state index contributed by atoms with van der Waals surface area (Å²) in [6.45, 7) is 4.17. The molecule has 1 aliphatic carbocycles. The number of rotatable bonds is 3. The van der Waals surface area contributed by atoms with Gasteiger partial charge in [-0.2, -0.15) is 0 Å². The standard InChI is InChI=1S/C24H21FN2/c1-16-6-10-18(11-7-16)23-24(19-12-8-17(2)9-13-19)27-22(15-26-23)20-4-3-5-21(25)14-20/h3-10,12-15,18H,11H2,1-2H3. The van der Waals surface area contributed by atoms with Crippen LogP contribution in [0.25, 0.3) is 22.5 Å². The summed E-state index contributed by atoms with van der Waals surface area (Å²) in [5.41, 5.74) is 6.73. The number of benzene rings is 2. The second-order valence-electron chi connectivity index (χ2n) is 7.01. The van der Waals surface area contributed by atoms with Crippen molar-refractivity contribution in [1.82, 2.24) is 9.97 Å². The minimum atomic E-state index is -0.272. The van der Waals surface area contributed by atoms with Gasteiger partial charge in [0, 0.05) is 17.0 Å². The van der Waals surface area contributed by atoms with E-state index < -0.39 is 0 Å². The molecule has 3 heteroatoms. The molecule has 4 rings (SSSR count). The van der Waals surface area contributed by atoms with Crippen LogP contribution in [0, 0.1) is 12.7 Å². The van der Waals surface area contributed by atoms with E-state index in [1.165, 1.54) is 23.3 Å². The molecule has 2 nitrogen and oxygen atoms in total. The van der Waals surface area contributed by atoms with Crippen LogP contribution in [-0.4, -0.2) is 9.97 Å². The van der Waals surface area contributed by atoms with Crippen molar-refractivity contribution in [2.75, 3.05) is 0 Å². The maximum absolute atomic E-state index is 13.7. The number of aryl methyl sites for hydroxylation is 1. The molecule has 0 aliphatic heterocycles. The van der Waals surface area contributed by atoms with E-state index in [1.54, 1.807) is 12.3 Å². The van der Waals surface area contributed by atoms with Crippen molar-refractivity contribution in [2.45, 2.75) is 26.2 Å². The molecule has 0 amide bonds. The molecule has 1 unspecified atom stereocenters. The second-order valence-corrected chi connectivity index (χ2v) is 7.01. The number of hydrogen-bond donors (Lipinski definition) is 0. The first-order valence-electron chi connectivity index (χ1n) is 9.15. The van der Waals surface area contributed by atoms with Gasteiger partial charge in [-0.1, -0.05) is 65.8 Å². The summed E-state index contributed by atoms with van der Waals surface area (Å²) in [5.74, 6) is -0.0786. The number of hydrogen-bond acceptors (Lipinski definition) is 2. The summed E-state index contributed by atoms with van der Waals surface area (Å²) in [6.07, 6.45) is 9.22. The normalized spacial score (nSPS) is 16.3. The van der Waals surface area contributed by atoms with Gasteiger partial charge in [-0.05, 0) is 32.4 Å². The largest absolute Gasteiger partial charge is 0.256 e. The van der Waals surface area contributed by atoms with Crippen LogP contribution in [0.15, 0.2) is 78.5 Å². The van der Waals surface area contributed by atoms with Gasteiger partial charge >= 0.3 is 0 Å². The number of allylic oxidation sites excluding steroid dienone is 4. The third-order valence-corrected chi connectivity index (χ3v) is 4.88. The summed E-state index contributed by atoms with van der Waals surface area (Å²) < 4.78 is 13.7. The van der Waals surface area contributed by atoms with Gasteiger partial charge in [0.15, 0.2) is 0 Å². The Kier molecular flexibility index (Phi) is 4.68. The van der Waals surface area contributed by atoms with Crippen LogP contribution < -0.4 is 0 Å². The molecule has 0 radical (unpaired) electrons. The van der Waals surface area contributed by atoms with Crippen LogP contribution in [0.4, 0.5) is 4.39 Å². The minimum Gasteiger partial charge on any atom is -0.256 e. The highest BCUT2D eigenvalue weighted by atomic mass is 19.1. The summed E-state index contributed by atoms with van der Waals surface area (Å²) in [6, 6.07) is 14.8. The van der Waals surface area contributed by atoms with E-state index >= 15 is 0 Å². The smallest absolute Gasteiger partial charge is 0.123 e. The molecule has 0 saturated carbocycles. The van der Waals surface area contributed by atoms with Gasteiger partial charge in [-0.15, -0.1) is 0 Å². The lowest BCUT2D eigenvalue weighted by Gasteiger charge is -2.18. The zero-order valence-electron chi connectivity index (χ0n) is 15.5. The van der Waals surface area contributed by atoms with E-state index in [9.17, 15) is 4.39 Å². The van der Waals surface area contributed by atoms with Crippen LogP contribution in [0.2, 0.25) is 0 Å². The van der Waals surface area contributed by atoms with Gasteiger partial charge in [0.25, 0.3) is 0 Å². The van der Waals surface area contributed by atoms with E-state index in [1.807, 2.05) is 6.07 Å². The molecule has 0 saturated heterocycles. The fourth-order valence-corrected chi connectivity index (χ4v) is 3.31. The van der Waals surface area contributed by atoms with Crippen molar-refractivity contribution in [3.8, 4) is 22.5 Å². The van der Waals surface area contributed by atoms with Crippen molar-refractivity contribution in [1.29, 1.82) is 0 Å². The predicted octanol–water partition coefficient (Wildman–Crippen LogP) is 6.25. The van der Waals surface area contributed by atoms with Gasteiger partial charge in [-0.3, -0.25) is 4.98 Å². The second kappa shape index (κ2) is 7.28. The number of aromatic nitrogens is 2. The van der Waals surface area contributed by atoms with Gasteiger partial charge in [-0.25, -0.2) is 9.37 Å². The molecule has 27 heavy (non-hydrogen) atoms. The lowest BCUT2D eigenvalue weighted by atomic mass is 9.91. The van der Waals surface area contributed by atoms with Crippen LogP contribution in [0.5, 0.6) is 0 Å². The first-order valence-corrected chi connectivity index (χ1v) is 9.15. The molecule has 0 fully saturated rings. The summed E-state index contributed by atoms with van der Waals surface area (Å²) in [5, 5.41) is 0. The Bertz CT molecular complexity index is 1030. The average Bonchev–Trinajstić information content (AvgIpc) is 2.69. The third kappa shape index (κ3) is 3.72. The van der Waals surface area contributed by atoms with E-state index in [-0.39, 0.29) is 11.7 Å². The van der Waals surface area contributed by atoms with E-state index in [4.69, 9.17) is 9.97 Å². The van der Waals surface area contributed by atoms with Crippen molar-refractivity contribution >= 4 is 0 Å². The van der Waals surface area contributed by atoms with E-state index in [2.05, 4.69) is 56.3 Å². The first-order chi connectivity index (χ1) is 13.1. The van der Waals surface area contributed by atoms with Crippen molar-refractivity contribution in [2.24, 2.45) is 0 Å². The highest BCUT2D eigenvalue weighted by Gasteiger charge is 2.19. The zero-order valence-corrected chi connectivity index (χ0v) is 15.5. The average molecular weight is 356 g/mol. The molecular formula is C24H21FN2. The monoisotopic (exact) mass is 356 g/mol. The zero-order chi connectivity index (χ0) is 18.8. The molecule has 1 atom stereocenters. The molecule has 2 aromatic carbocycles. The van der Waals surface area contributed by atoms with Gasteiger partial charge in [0.05, 0.1) is 23.3 Å². The van der Waals surface area contributed by atoms with Gasteiger partial charge in [0.2, 0.25) is 0 Å². The number of nitrogens with zero attached hydrogens (tertiary/aromatic N) is 2. The molecule has 0 N–H and O–H groups in total. The summed E-state index contributed by atoms with van der Waals surface area (Å²) in [7, 11) is 0. The molecule has 1 aromatic heterocycles. The molecule has 1 aliphatic rings. The Balaban J connectivity index is 1.84. The maximum atomic E-state index is 13.7. The lowest BCUT2D eigenvalue weighted by Crippen LogP contribution is -2.06. The first kappa shape index (κ1) is 17.3. The Labute approximate surface area is 159 Å². The molecule has 134 valence electrons. The molecular weight excluding hydrogens is 335 g/mol. The van der Waals surface area contributed by atoms with E-state index in [0.29, 0.717) is 5.69 Å². The van der Waals surface area contributed by atoms with Crippen molar-refractivity contribution in [3.05, 3.63) is 95.6 Å². The SMILES string of the molecule is CC1=CCC(c2ncc(-c3cccc(F)c3)nc2-c2ccc(C)cc2)C=C1. The number of halogens is 1. The Morgan fingerprint density at radius 3 is 2.52 bits per heavy atom. The van der Waals surface area contributed by atoms with E-state index in [0.717, 1.165) is 28.9 Å². The van der Waals surface area contributed by atoms with Crippen molar-refractivity contribution < 1.29 is 4.39 Å². The highest BCUT2D eigenvalue weighted by molar-refractivity contribution is 5.68. The van der Waals surface area contributed by atoms with Gasteiger partial charge < -0.3 is 0 Å². The maximum Gasteiger partial charge on any atom is 0.123 e. The van der Waals surface area contributed by atoms with Crippen LogP contribution in [-0.2, 0) is 0 Å². The summed E-state index contributed by atoms with van der Waals surface area (Å²) in [4.78, 5) is 9.66. The van der Waals surface area contributed by atoms with Gasteiger partial charge in [0.1, 0.15) is 5.82 Å². The topological polar surface area (TPSA) is 25.8 Å².